The van der Waals surface area contributed by atoms with Crippen LogP contribution in [0.4, 0.5) is 0 Å². The molecule has 1 aliphatic heterocycles. The molecular weight excluding hydrogens is 304 g/mol. The fourth-order valence-electron chi connectivity index (χ4n) is 3.31. The van der Waals surface area contributed by atoms with E-state index in [-0.39, 0.29) is 5.91 Å². The molecule has 1 atom stereocenters. The number of amides is 1. The van der Waals surface area contributed by atoms with Crippen LogP contribution in [0.25, 0.3) is 0 Å². The topological polar surface area (TPSA) is 50.8 Å². The van der Waals surface area contributed by atoms with E-state index in [1.807, 2.05) is 0 Å². The van der Waals surface area contributed by atoms with Crippen molar-refractivity contribution in [3.63, 3.8) is 0 Å². The first-order valence-corrected chi connectivity index (χ1v) is 8.81. The zero-order chi connectivity index (χ0) is 17.5. The summed E-state index contributed by atoms with van der Waals surface area (Å²) in [5.41, 5.74) is 0.591. The third kappa shape index (κ3) is 4.63. The zero-order valence-corrected chi connectivity index (χ0v) is 15.3. The van der Waals surface area contributed by atoms with E-state index >= 15 is 0 Å². The van der Waals surface area contributed by atoms with Gasteiger partial charge in [0.05, 0.1) is 14.2 Å². The Balaban J connectivity index is 2.00. The highest BCUT2D eigenvalue weighted by atomic mass is 16.5. The van der Waals surface area contributed by atoms with Gasteiger partial charge in [-0.05, 0) is 50.0 Å². The van der Waals surface area contributed by atoms with Crippen LogP contribution in [-0.2, 0) is 0 Å². The third-order valence-corrected chi connectivity index (χ3v) is 4.75. The smallest absolute Gasteiger partial charge is 0.251 e. The second-order valence-electron chi connectivity index (χ2n) is 6.69. The molecule has 0 saturated carbocycles. The number of hydrogen-bond donors (Lipinski definition) is 1. The van der Waals surface area contributed by atoms with E-state index in [0.29, 0.717) is 35.6 Å². The molecule has 1 aromatic carbocycles. The van der Waals surface area contributed by atoms with Crippen molar-refractivity contribution in [3.8, 4) is 11.5 Å². The van der Waals surface area contributed by atoms with Gasteiger partial charge in [0.25, 0.3) is 5.91 Å². The van der Waals surface area contributed by atoms with Crippen molar-refractivity contribution < 1.29 is 14.3 Å². The molecule has 1 heterocycles. The van der Waals surface area contributed by atoms with Crippen molar-refractivity contribution in [1.82, 2.24) is 10.2 Å². The van der Waals surface area contributed by atoms with Gasteiger partial charge < -0.3 is 14.8 Å². The minimum atomic E-state index is -0.0707. The molecule has 2 rings (SSSR count). The maximum absolute atomic E-state index is 12.5. The lowest BCUT2D eigenvalue weighted by Gasteiger charge is -2.37. The Bertz CT molecular complexity index is 539. The Hall–Kier alpha value is -1.75. The Morgan fingerprint density at radius 1 is 1.12 bits per heavy atom. The van der Waals surface area contributed by atoms with Crippen LogP contribution >= 0.6 is 0 Å². The van der Waals surface area contributed by atoms with Crippen molar-refractivity contribution in [2.75, 3.05) is 33.9 Å². The molecule has 5 nitrogen and oxygen atoms in total. The average Bonchev–Trinajstić information content (AvgIpc) is 2.61. The molecular formula is C19H30N2O3. The summed E-state index contributed by atoms with van der Waals surface area (Å²) in [6, 6.07) is 5.63. The van der Waals surface area contributed by atoms with Crippen LogP contribution in [0.3, 0.4) is 0 Å². The third-order valence-electron chi connectivity index (χ3n) is 4.75. The minimum Gasteiger partial charge on any atom is -0.493 e. The van der Waals surface area contributed by atoms with Crippen LogP contribution in [-0.4, -0.2) is 50.7 Å². The molecule has 5 heteroatoms. The number of nitrogens with zero attached hydrogens (tertiary/aromatic N) is 1. The van der Waals surface area contributed by atoms with Gasteiger partial charge >= 0.3 is 0 Å². The predicted molar refractivity (Wildman–Crippen MR) is 95.9 cm³/mol. The Morgan fingerprint density at radius 2 is 1.79 bits per heavy atom. The molecule has 0 bridgehead atoms. The Kier molecular flexibility index (Phi) is 6.91. The first kappa shape index (κ1) is 18.6. The number of nitrogens with one attached hydrogen (secondary N) is 1. The van der Waals surface area contributed by atoms with E-state index < -0.39 is 0 Å². The summed E-state index contributed by atoms with van der Waals surface area (Å²) in [4.78, 5) is 15.0. The van der Waals surface area contributed by atoms with Gasteiger partial charge in [-0.1, -0.05) is 20.3 Å². The minimum absolute atomic E-state index is 0.0707. The molecule has 24 heavy (non-hydrogen) atoms. The fraction of sp³-hybridized carbons (Fsp3) is 0.632. The van der Waals surface area contributed by atoms with Gasteiger partial charge in [0.15, 0.2) is 11.5 Å². The molecule has 0 spiro atoms. The van der Waals surface area contributed by atoms with Gasteiger partial charge in [0.1, 0.15) is 0 Å². The molecule has 0 aromatic heterocycles. The molecule has 134 valence electrons. The van der Waals surface area contributed by atoms with Gasteiger partial charge in [0.2, 0.25) is 0 Å². The first-order chi connectivity index (χ1) is 11.6. The van der Waals surface area contributed by atoms with Gasteiger partial charge in [-0.15, -0.1) is 0 Å². The number of benzene rings is 1. The molecule has 0 aliphatic carbocycles. The second-order valence-corrected chi connectivity index (χ2v) is 6.69. The molecule has 1 fully saturated rings. The molecule has 1 aliphatic rings. The van der Waals surface area contributed by atoms with Crippen molar-refractivity contribution in [2.45, 2.75) is 39.2 Å². The summed E-state index contributed by atoms with van der Waals surface area (Å²) in [7, 11) is 3.16. The van der Waals surface area contributed by atoms with Crippen LogP contribution in [0.1, 0.15) is 43.5 Å². The Labute approximate surface area is 145 Å². The number of ether oxygens (including phenoxy) is 2. The SMILES string of the molecule is COc1ccc(C(=O)NCC(C(C)C)N2CCCCC2)cc1OC. The summed E-state index contributed by atoms with van der Waals surface area (Å²) >= 11 is 0. The highest BCUT2D eigenvalue weighted by Crippen LogP contribution is 2.27. The predicted octanol–water partition coefficient (Wildman–Crippen LogP) is 2.94. The van der Waals surface area contributed by atoms with Gasteiger partial charge in [-0.2, -0.15) is 0 Å². The van der Waals surface area contributed by atoms with E-state index in [4.69, 9.17) is 9.47 Å². The largest absolute Gasteiger partial charge is 0.493 e. The van der Waals surface area contributed by atoms with Crippen LogP contribution in [0.15, 0.2) is 18.2 Å². The highest BCUT2D eigenvalue weighted by Gasteiger charge is 2.24. The maximum Gasteiger partial charge on any atom is 0.251 e. The maximum atomic E-state index is 12.5. The summed E-state index contributed by atoms with van der Waals surface area (Å²) < 4.78 is 10.5. The first-order valence-electron chi connectivity index (χ1n) is 8.81. The zero-order valence-electron chi connectivity index (χ0n) is 15.3. The lowest BCUT2D eigenvalue weighted by Crippen LogP contribution is -2.48. The standard InChI is InChI=1S/C19H30N2O3/c1-14(2)16(21-10-6-5-7-11-21)13-20-19(22)15-8-9-17(23-3)18(12-15)24-4/h8-9,12,14,16H,5-7,10-11,13H2,1-4H3,(H,20,22). The van der Waals surface area contributed by atoms with Crippen molar-refractivity contribution in [3.05, 3.63) is 23.8 Å². The van der Waals surface area contributed by atoms with E-state index in [1.54, 1.807) is 32.4 Å². The summed E-state index contributed by atoms with van der Waals surface area (Å²) in [6.07, 6.45) is 3.83. The molecule has 0 radical (unpaired) electrons. The number of likely N-dealkylation sites (tertiary alicyclic amines) is 1. The molecule has 1 aromatic rings. The number of carbonyl (C=O) groups is 1. The monoisotopic (exact) mass is 334 g/mol. The molecule has 1 amide bonds. The second kappa shape index (κ2) is 8.92. The normalized spacial score (nSPS) is 16.7. The van der Waals surface area contributed by atoms with E-state index in [2.05, 4.69) is 24.1 Å². The summed E-state index contributed by atoms with van der Waals surface area (Å²) in [5.74, 6) is 1.64. The number of methoxy groups -OCH3 is 2. The van der Waals surface area contributed by atoms with E-state index in [0.717, 1.165) is 13.1 Å². The number of piperidine rings is 1. The number of carbonyl (C=O) groups excluding carboxylic acids is 1. The highest BCUT2D eigenvalue weighted by molar-refractivity contribution is 5.94. The van der Waals surface area contributed by atoms with Crippen LogP contribution in [0.5, 0.6) is 11.5 Å². The van der Waals surface area contributed by atoms with Gasteiger partial charge in [-0.3, -0.25) is 9.69 Å². The van der Waals surface area contributed by atoms with E-state index in [1.165, 1.54) is 19.3 Å². The molecule has 1 saturated heterocycles. The summed E-state index contributed by atoms with van der Waals surface area (Å²) in [6.45, 7) is 7.39. The summed E-state index contributed by atoms with van der Waals surface area (Å²) in [5, 5.41) is 3.09. The molecule has 1 N–H and O–H groups in total. The molecule has 1 unspecified atom stereocenters. The van der Waals surface area contributed by atoms with Crippen molar-refractivity contribution in [2.24, 2.45) is 5.92 Å². The average molecular weight is 334 g/mol. The van der Waals surface area contributed by atoms with Crippen LogP contribution in [0, 0.1) is 5.92 Å². The van der Waals surface area contributed by atoms with Crippen LogP contribution in [0.2, 0.25) is 0 Å². The lowest BCUT2D eigenvalue weighted by molar-refractivity contribution is 0.0895. The number of hydrogen-bond acceptors (Lipinski definition) is 4. The van der Waals surface area contributed by atoms with Gasteiger partial charge in [0, 0.05) is 18.2 Å². The fourth-order valence-corrected chi connectivity index (χ4v) is 3.31. The lowest BCUT2D eigenvalue weighted by atomic mass is 9.99. The van der Waals surface area contributed by atoms with Crippen LogP contribution < -0.4 is 14.8 Å². The van der Waals surface area contributed by atoms with Crippen molar-refractivity contribution in [1.29, 1.82) is 0 Å². The number of rotatable bonds is 7. The quantitative estimate of drug-likeness (QED) is 0.833. The van der Waals surface area contributed by atoms with Crippen molar-refractivity contribution >= 4 is 5.91 Å². The van der Waals surface area contributed by atoms with E-state index in [9.17, 15) is 4.79 Å². The van der Waals surface area contributed by atoms with Gasteiger partial charge in [-0.25, -0.2) is 0 Å². The Morgan fingerprint density at radius 3 is 2.38 bits per heavy atom.